The second-order valence-corrected chi connectivity index (χ2v) is 18.2. The first-order chi connectivity index (χ1) is 38.6. The molecule has 4 aromatic heterocycles. The molecule has 0 spiro atoms. The number of ether oxygens (including phenoxy) is 1. The third-order valence-corrected chi connectivity index (χ3v) is 12.7. The van der Waals surface area contributed by atoms with Crippen molar-refractivity contribution in [3.63, 3.8) is 0 Å². The molecule has 5 aromatic rings. The Hall–Kier alpha value is -9.27. The molecule has 0 saturated heterocycles. The van der Waals surface area contributed by atoms with Crippen molar-refractivity contribution in [3.05, 3.63) is 172 Å². The van der Waals surface area contributed by atoms with Gasteiger partial charge >= 0.3 is 185 Å². The molecular formula is C53H63BN12O14. The Labute approximate surface area is 458 Å². The van der Waals surface area contributed by atoms with E-state index in [1.54, 1.807) is 30.3 Å². The van der Waals surface area contributed by atoms with E-state index in [4.69, 9.17) is 19.6 Å². The number of carbonyl (C=O) groups is 7. The van der Waals surface area contributed by atoms with Crippen LogP contribution in [0, 0.1) is 5.31 Å². The summed E-state index contributed by atoms with van der Waals surface area (Å²) >= 11 is 0. The summed E-state index contributed by atoms with van der Waals surface area (Å²) in [4.78, 5) is 159. The third-order valence-electron chi connectivity index (χ3n) is 12.7. The van der Waals surface area contributed by atoms with Crippen molar-refractivity contribution in [1.82, 2.24) is 55.0 Å². The molecule has 0 radical (unpaired) electrons. The van der Waals surface area contributed by atoms with Gasteiger partial charge in [0.25, 0.3) is 28.8 Å². The number of aromatic nitrogens is 4. The molecule has 7 heterocycles. The Morgan fingerprint density at radius 3 is 1.90 bits per heavy atom. The summed E-state index contributed by atoms with van der Waals surface area (Å²) in [5, 5.41) is 20.7. The fourth-order valence-electron chi connectivity index (χ4n) is 8.38. The molecule has 4 bridgehead atoms. The van der Waals surface area contributed by atoms with Gasteiger partial charge in [-0.15, -0.1) is 4.73 Å². The summed E-state index contributed by atoms with van der Waals surface area (Å²) in [5.41, 5.74) is -3.97. The van der Waals surface area contributed by atoms with Crippen LogP contribution in [0.25, 0.3) is 0 Å². The Balaban J connectivity index is 1.37. The van der Waals surface area contributed by atoms with E-state index in [-0.39, 0.29) is 120 Å². The van der Waals surface area contributed by atoms with Crippen LogP contribution in [-0.2, 0) is 30.2 Å². The van der Waals surface area contributed by atoms with Crippen LogP contribution >= 0.6 is 0 Å². The minimum Gasteiger partial charge on any atom is -0.405 e. The van der Waals surface area contributed by atoms with Gasteiger partial charge in [0.1, 0.15) is 29.6 Å². The summed E-state index contributed by atoms with van der Waals surface area (Å²) in [5.74, 6) is -5.35. The minimum atomic E-state index is -1.40. The summed E-state index contributed by atoms with van der Waals surface area (Å²) in [6, 6.07) is 19.9. The zero-order valence-corrected chi connectivity index (χ0v) is 44.5. The average Bonchev–Trinajstić information content (AvgIpc) is 3.47. The predicted octanol–water partition coefficient (Wildman–Crippen LogP) is -0.764. The van der Waals surface area contributed by atoms with Gasteiger partial charge in [0.05, 0.1) is 6.61 Å². The number of pyridine rings is 4. The Morgan fingerprint density at radius 2 is 1.21 bits per heavy atom. The van der Waals surface area contributed by atoms with E-state index < -0.39 is 75.2 Å². The van der Waals surface area contributed by atoms with Gasteiger partial charge in [-0.05, 0) is 36.2 Å². The van der Waals surface area contributed by atoms with Crippen LogP contribution in [0.2, 0.25) is 0 Å². The molecule has 26 nitrogen and oxygen atoms in total. The molecule has 1 unspecified atom stereocenters. The van der Waals surface area contributed by atoms with E-state index in [2.05, 4.69) is 26.6 Å². The number of hydrogen-bond acceptors (Lipinski definition) is 15. The zero-order chi connectivity index (χ0) is 57.7. The molecule has 80 heavy (non-hydrogen) atoms. The minimum absolute atomic E-state index is 0.00129. The molecule has 0 aliphatic carbocycles. The van der Waals surface area contributed by atoms with Crippen molar-refractivity contribution >= 4 is 48.6 Å². The van der Waals surface area contributed by atoms with Gasteiger partial charge in [-0.3, -0.25) is 33.6 Å². The molecule has 3 aliphatic heterocycles. The van der Waals surface area contributed by atoms with Gasteiger partial charge in [0.15, 0.2) is 0 Å². The Bertz CT molecular complexity index is 3320. The van der Waals surface area contributed by atoms with Crippen LogP contribution in [0.3, 0.4) is 0 Å². The number of nitrogens with one attached hydrogen (secondary N) is 6. The maximum atomic E-state index is 14.4. The fraction of sp³-hybridized carbons (Fsp3) is 0.377. The van der Waals surface area contributed by atoms with Gasteiger partial charge in [-0.25, -0.2) is 0 Å². The van der Waals surface area contributed by atoms with Gasteiger partial charge in [0, 0.05) is 46.4 Å². The number of carbonyl (C=O) groups excluding carboxylic acids is 7. The predicted molar refractivity (Wildman–Crippen MR) is 289 cm³/mol. The standard InChI is InChI=1S/C53H63BN12O14/c1-4-32-78-33-27-59-47(71)38-23-31-64(52(76)41-15-10-17-43(67)61(41)2)29-9-8-28-63(53(77)42-16-11-18-44(68)65(42)80-54-55)30-12-24-56-45(69)36-19-21-39(62(3)50(36)74)48(72)57-25-26-58-49(73)40-22-20-37(46(70)60-38)51(75)66(40)79-34-35-13-6-5-7-14-35/h5-7,10-11,13-22,38,55H,4,8-9,12,23-34H2,1-3H3,(H,56,69)(H,57,72)(H,58,73)(H,59,71)(H,60,70). The first-order valence-corrected chi connectivity index (χ1v) is 25.8. The molecule has 0 saturated carbocycles. The molecule has 0 fully saturated rings. The second kappa shape index (κ2) is 29.5. The molecule has 3 aliphatic rings. The van der Waals surface area contributed by atoms with E-state index in [1.807, 2.05) is 6.92 Å². The van der Waals surface area contributed by atoms with E-state index in [0.29, 0.717) is 28.9 Å². The monoisotopic (exact) mass is 1100 g/mol. The van der Waals surface area contributed by atoms with Crippen LogP contribution in [-0.4, -0.2) is 149 Å². The van der Waals surface area contributed by atoms with Crippen LogP contribution in [0.15, 0.2) is 110 Å². The van der Waals surface area contributed by atoms with E-state index in [0.717, 1.165) is 27.7 Å². The van der Waals surface area contributed by atoms with Crippen molar-refractivity contribution in [1.29, 1.82) is 5.31 Å². The molecule has 8 rings (SSSR count). The number of nitrogens with zero attached hydrogens (tertiary/aromatic N) is 6. The molecule has 1 atom stereocenters. The topological polar surface area (TPSA) is 326 Å². The molecule has 7 amide bonds. The summed E-state index contributed by atoms with van der Waals surface area (Å²) in [6.45, 7) is 1.61. The number of fused-ring (bicyclic) bond motifs is 2. The van der Waals surface area contributed by atoms with Crippen LogP contribution in [0.1, 0.15) is 107 Å². The fourth-order valence-corrected chi connectivity index (χ4v) is 8.38. The van der Waals surface area contributed by atoms with E-state index in [9.17, 15) is 52.7 Å². The van der Waals surface area contributed by atoms with Crippen LogP contribution < -0.4 is 58.4 Å². The summed E-state index contributed by atoms with van der Waals surface area (Å²) in [6.07, 6.45) is 1.02. The third kappa shape index (κ3) is 15.7. The van der Waals surface area contributed by atoms with Gasteiger partial charge in [0.2, 0.25) is 5.91 Å². The number of benzene rings is 1. The van der Waals surface area contributed by atoms with Gasteiger partial charge in [-0.1, -0.05) is 43.3 Å². The van der Waals surface area contributed by atoms with Crippen molar-refractivity contribution in [2.75, 3.05) is 65.6 Å². The number of rotatable bonds is 13. The van der Waals surface area contributed by atoms with Crippen LogP contribution in [0.4, 0.5) is 0 Å². The van der Waals surface area contributed by atoms with Crippen molar-refractivity contribution in [2.24, 2.45) is 14.1 Å². The quantitative estimate of drug-likeness (QED) is 0.0624. The normalized spacial score (nSPS) is 15.4. The van der Waals surface area contributed by atoms with Crippen molar-refractivity contribution in [3.8, 4) is 0 Å². The zero-order valence-electron chi connectivity index (χ0n) is 44.5. The molecule has 27 heteroatoms. The SMILES string of the molecule is CCCOCCNC(=O)C1CCN(C(=O)c2cccc(=O)n2C)CCCCN(C(=O)c2cccc(=O)n2OB=N)CCCNC(=O)c2ccc(n(C)c2=O)C(=O)NCCNC(=O)c2ccc(c(=O)n2OCc2ccccc2)C(=O)N1. The molecule has 6 N–H and O–H groups in total. The van der Waals surface area contributed by atoms with E-state index in [1.165, 1.54) is 72.4 Å². The van der Waals surface area contributed by atoms with Gasteiger partial charge in [-0.2, -0.15) is 0 Å². The average molecular weight is 1100 g/mol. The number of amides is 7. The van der Waals surface area contributed by atoms with E-state index >= 15 is 0 Å². The Kier molecular flexibility index (Phi) is 22.1. The first-order valence-electron chi connectivity index (χ1n) is 25.8. The van der Waals surface area contributed by atoms with Crippen LogP contribution in [0.5, 0.6) is 0 Å². The van der Waals surface area contributed by atoms with Crippen molar-refractivity contribution < 1.29 is 47.9 Å². The Morgan fingerprint density at radius 1 is 0.613 bits per heavy atom. The van der Waals surface area contributed by atoms with Crippen molar-refractivity contribution in [2.45, 2.75) is 51.7 Å². The molecule has 1 aromatic carbocycles. The number of hydrogen-bond donors (Lipinski definition) is 6. The second-order valence-electron chi connectivity index (χ2n) is 18.2. The summed E-state index contributed by atoms with van der Waals surface area (Å²) in [7, 11) is 3.19. The smallest absolute Gasteiger partial charge is 0.405 e. The summed E-state index contributed by atoms with van der Waals surface area (Å²) < 4.78 is 14.0. The maximum absolute atomic E-state index is 14.4. The molecular weight excluding hydrogens is 1040 g/mol. The molecule has 422 valence electrons. The van der Waals surface area contributed by atoms with Gasteiger partial charge < -0.3 is 40.0 Å². The first kappa shape index (κ1) is 60.0.